The van der Waals surface area contributed by atoms with Gasteiger partial charge in [-0.1, -0.05) is 41.7 Å². The van der Waals surface area contributed by atoms with Gasteiger partial charge in [0, 0.05) is 30.8 Å². The number of amides is 3. The van der Waals surface area contributed by atoms with Crippen LogP contribution in [0.3, 0.4) is 0 Å². The van der Waals surface area contributed by atoms with E-state index >= 15 is 0 Å². The topological polar surface area (TPSA) is 123 Å². The molecule has 0 bridgehead atoms. The molecule has 0 radical (unpaired) electrons. The Kier molecular flexibility index (Phi) is 6.81. The van der Waals surface area contributed by atoms with Crippen LogP contribution in [0.5, 0.6) is 11.5 Å². The van der Waals surface area contributed by atoms with E-state index in [2.05, 4.69) is 20.8 Å². The summed E-state index contributed by atoms with van der Waals surface area (Å²) >= 11 is 0.940. The Balaban J connectivity index is 1.13. The lowest BCUT2D eigenvalue weighted by atomic mass is 9.95. The average Bonchev–Trinajstić information content (AvgIpc) is 3.59. The molecular weight excluding hydrogens is 482 g/mol. The molecule has 1 atom stereocenters. The third kappa shape index (κ3) is 5.15. The number of hydrogen-bond donors (Lipinski definition) is 2. The lowest BCUT2D eigenvalue weighted by molar-refractivity contribution is -0.127. The molecule has 11 heteroatoms. The van der Waals surface area contributed by atoms with Crippen LogP contribution in [0.2, 0.25) is 0 Å². The van der Waals surface area contributed by atoms with Crippen LogP contribution in [0.25, 0.3) is 0 Å². The van der Waals surface area contributed by atoms with Crippen LogP contribution >= 0.6 is 11.3 Å². The predicted octanol–water partition coefficient (Wildman–Crippen LogP) is 3.25. The molecule has 2 aliphatic heterocycles. The van der Waals surface area contributed by atoms with Crippen molar-refractivity contribution in [3.05, 3.63) is 64.1 Å². The van der Waals surface area contributed by atoms with Crippen molar-refractivity contribution < 1.29 is 23.9 Å². The molecule has 0 aliphatic carbocycles. The minimum absolute atomic E-state index is 0.00292. The summed E-state index contributed by atoms with van der Waals surface area (Å²) in [6, 6.07) is 14.8. The zero-order chi connectivity index (χ0) is 25.1. The summed E-state index contributed by atoms with van der Waals surface area (Å²) in [4.78, 5) is 39.9. The van der Waals surface area contributed by atoms with E-state index in [0.717, 1.165) is 16.9 Å². The highest BCUT2D eigenvalue weighted by molar-refractivity contribution is 7.15. The number of likely N-dealkylation sites (tertiary alicyclic amines) is 1. The van der Waals surface area contributed by atoms with Crippen LogP contribution in [0.15, 0.2) is 48.5 Å². The molecular formula is C25H25N5O5S. The number of fused-ring (bicyclic) bond motifs is 1. The lowest BCUT2D eigenvalue weighted by Gasteiger charge is -2.31. The monoisotopic (exact) mass is 507 g/mol. The Hall–Kier alpha value is -3.99. The first-order chi connectivity index (χ1) is 17.5. The average molecular weight is 508 g/mol. The third-order valence-electron chi connectivity index (χ3n) is 6.24. The lowest BCUT2D eigenvalue weighted by Crippen LogP contribution is -2.43. The molecule has 2 aliphatic rings. The van der Waals surface area contributed by atoms with Crippen LogP contribution in [0.4, 0.5) is 5.69 Å². The summed E-state index contributed by atoms with van der Waals surface area (Å²) < 4.78 is 10.6. The minimum Gasteiger partial charge on any atom is -0.454 e. The fourth-order valence-corrected chi connectivity index (χ4v) is 4.90. The van der Waals surface area contributed by atoms with Crippen molar-refractivity contribution >= 4 is 34.7 Å². The molecule has 1 fully saturated rings. The van der Waals surface area contributed by atoms with Crippen molar-refractivity contribution in [1.29, 1.82) is 0 Å². The number of hydrogen-bond acceptors (Lipinski definition) is 8. The maximum absolute atomic E-state index is 12.9. The van der Waals surface area contributed by atoms with Gasteiger partial charge in [-0.25, -0.2) is 0 Å². The van der Waals surface area contributed by atoms with E-state index in [-0.39, 0.29) is 40.6 Å². The number of carbonyl (C=O) groups excluding carboxylic acids is 3. The number of piperidine rings is 1. The molecule has 3 heterocycles. The van der Waals surface area contributed by atoms with Gasteiger partial charge in [0.2, 0.25) is 22.7 Å². The van der Waals surface area contributed by atoms with E-state index in [1.807, 2.05) is 37.3 Å². The second-order valence-corrected chi connectivity index (χ2v) is 9.62. The summed E-state index contributed by atoms with van der Waals surface area (Å²) in [5.74, 6) is 0.255. The Morgan fingerprint density at radius 3 is 2.50 bits per heavy atom. The zero-order valence-corrected chi connectivity index (χ0v) is 20.4. The summed E-state index contributed by atoms with van der Waals surface area (Å²) in [6.45, 7) is 2.98. The highest BCUT2D eigenvalue weighted by atomic mass is 32.1. The van der Waals surface area contributed by atoms with Crippen LogP contribution in [0.1, 0.15) is 51.0 Å². The van der Waals surface area contributed by atoms with Crippen molar-refractivity contribution in [2.24, 2.45) is 5.92 Å². The fraction of sp³-hybridized carbons (Fsp3) is 0.320. The van der Waals surface area contributed by atoms with Crippen LogP contribution < -0.4 is 20.1 Å². The predicted molar refractivity (Wildman–Crippen MR) is 132 cm³/mol. The van der Waals surface area contributed by atoms with Gasteiger partial charge in [0.25, 0.3) is 11.8 Å². The van der Waals surface area contributed by atoms with Gasteiger partial charge in [-0.2, -0.15) is 0 Å². The molecule has 5 rings (SSSR count). The molecule has 0 unspecified atom stereocenters. The first-order valence-corrected chi connectivity index (χ1v) is 12.5. The number of carbonyl (C=O) groups is 3. The number of nitrogens with one attached hydrogen (secondary N) is 2. The Labute approximate surface area is 211 Å². The van der Waals surface area contributed by atoms with Gasteiger partial charge >= 0.3 is 0 Å². The second kappa shape index (κ2) is 10.3. The largest absolute Gasteiger partial charge is 0.454 e. The molecule has 3 aromatic rings. The maximum Gasteiger partial charge on any atom is 0.286 e. The van der Waals surface area contributed by atoms with Crippen LogP contribution in [-0.2, 0) is 4.79 Å². The number of aromatic nitrogens is 2. The minimum atomic E-state index is -0.465. The van der Waals surface area contributed by atoms with E-state index in [4.69, 9.17) is 9.47 Å². The smallest absolute Gasteiger partial charge is 0.286 e. The first-order valence-electron chi connectivity index (χ1n) is 11.7. The second-order valence-electron chi connectivity index (χ2n) is 8.64. The van der Waals surface area contributed by atoms with E-state index in [9.17, 15) is 14.4 Å². The van der Waals surface area contributed by atoms with Crippen molar-refractivity contribution in [2.75, 3.05) is 25.2 Å². The molecule has 2 N–H and O–H groups in total. The van der Waals surface area contributed by atoms with E-state index < -0.39 is 5.91 Å². The molecule has 2 aromatic carbocycles. The number of benzene rings is 2. The van der Waals surface area contributed by atoms with Crippen LogP contribution in [0, 0.1) is 5.92 Å². The van der Waals surface area contributed by atoms with Gasteiger partial charge < -0.3 is 25.0 Å². The molecule has 186 valence electrons. The number of ether oxygens (including phenoxy) is 2. The number of rotatable bonds is 6. The Bertz CT molecular complexity index is 1270. The Morgan fingerprint density at radius 2 is 1.72 bits per heavy atom. The molecule has 0 spiro atoms. The third-order valence-corrected chi connectivity index (χ3v) is 7.15. The summed E-state index contributed by atoms with van der Waals surface area (Å²) in [5.41, 5.74) is 1.57. The van der Waals surface area contributed by atoms with Gasteiger partial charge in [0.15, 0.2) is 11.5 Å². The highest BCUT2D eigenvalue weighted by Crippen LogP contribution is 2.34. The van der Waals surface area contributed by atoms with E-state index in [0.29, 0.717) is 43.1 Å². The van der Waals surface area contributed by atoms with Crippen molar-refractivity contribution in [3.63, 3.8) is 0 Å². The molecule has 36 heavy (non-hydrogen) atoms. The number of nitrogens with zero attached hydrogens (tertiary/aromatic N) is 3. The zero-order valence-electron chi connectivity index (χ0n) is 19.6. The SMILES string of the molecule is C[C@@H](NC(=O)C1CCN(C(=O)c2nnc(C(=O)Nc3ccc4c(c3)OCO4)s2)CC1)c1ccccc1. The normalized spacial score (nSPS) is 15.9. The van der Waals surface area contributed by atoms with Crippen LogP contribution in [-0.4, -0.2) is 52.7 Å². The fourth-order valence-electron chi connectivity index (χ4n) is 4.20. The summed E-state index contributed by atoms with van der Waals surface area (Å²) in [6.07, 6.45) is 1.13. The highest BCUT2D eigenvalue weighted by Gasteiger charge is 2.30. The van der Waals surface area contributed by atoms with Gasteiger partial charge in [0.1, 0.15) is 0 Å². The van der Waals surface area contributed by atoms with E-state index in [1.165, 1.54) is 0 Å². The molecule has 1 saturated heterocycles. The maximum atomic E-state index is 12.9. The molecule has 1 aromatic heterocycles. The van der Waals surface area contributed by atoms with Gasteiger partial charge in [0.05, 0.1) is 6.04 Å². The van der Waals surface area contributed by atoms with Gasteiger partial charge in [-0.05, 0) is 37.5 Å². The quantitative estimate of drug-likeness (QED) is 0.525. The van der Waals surface area contributed by atoms with Crippen molar-refractivity contribution in [3.8, 4) is 11.5 Å². The molecule has 10 nitrogen and oxygen atoms in total. The first kappa shape index (κ1) is 23.7. The van der Waals surface area contributed by atoms with Crippen molar-refractivity contribution in [1.82, 2.24) is 20.4 Å². The standard InChI is InChI=1S/C25H25N5O5S/c1-15(16-5-3-2-4-6-16)26-21(31)17-9-11-30(12-10-17)25(33)24-29-28-23(36-24)22(32)27-18-7-8-19-20(13-18)35-14-34-19/h2-8,13,15,17H,9-12,14H2,1H3,(H,26,31)(H,27,32)/t15-/m1/s1. The molecule has 0 saturated carbocycles. The Morgan fingerprint density at radius 1 is 1.00 bits per heavy atom. The van der Waals surface area contributed by atoms with Gasteiger partial charge in [-0.3, -0.25) is 14.4 Å². The summed E-state index contributed by atoms with van der Waals surface area (Å²) in [7, 11) is 0. The number of anilines is 1. The molecule has 3 amide bonds. The van der Waals surface area contributed by atoms with Crippen molar-refractivity contribution in [2.45, 2.75) is 25.8 Å². The summed E-state index contributed by atoms with van der Waals surface area (Å²) in [5, 5.41) is 13.9. The van der Waals surface area contributed by atoms with E-state index in [1.54, 1.807) is 23.1 Å². The van der Waals surface area contributed by atoms with Gasteiger partial charge in [-0.15, -0.1) is 10.2 Å².